The predicted octanol–water partition coefficient (Wildman–Crippen LogP) is 2.25. The van der Waals surface area contributed by atoms with Crippen LogP contribution in [0.1, 0.15) is 58.1 Å². The largest absolute Gasteiger partial charge is 0.384 e. The third-order valence-corrected chi connectivity index (χ3v) is 4.70. The number of carbonyl (C=O) groups is 1. The molecule has 0 unspecified atom stereocenters. The van der Waals surface area contributed by atoms with E-state index in [9.17, 15) is 29.3 Å². The van der Waals surface area contributed by atoms with Crippen LogP contribution < -0.4 is 17.0 Å². The normalized spacial score (nSPS) is 9.94. The number of nitriles is 2. The Bertz CT molecular complexity index is 1390. The van der Waals surface area contributed by atoms with Gasteiger partial charge in [0.05, 0.1) is 29.8 Å². The van der Waals surface area contributed by atoms with Gasteiger partial charge < -0.3 is 13.2 Å². The van der Waals surface area contributed by atoms with Crippen LogP contribution in [0.2, 0.25) is 0 Å². The van der Waals surface area contributed by atoms with Crippen LogP contribution in [0.4, 0.5) is 10.2 Å². The smallest absolute Gasteiger partial charge is 0.329 e. The molecule has 3 aromatic rings. The first-order chi connectivity index (χ1) is 15.1. The number of nitrogens with zero attached hydrogens (tertiary/aromatic N) is 4. The number of hydrogen-bond acceptors (Lipinski definition) is 7. The number of ketones is 1. The second kappa shape index (κ2) is 11.2. The van der Waals surface area contributed by atoms with Crippen LogP contribution in [0.15, 0.2) is 39.9 Å². The number of aromatic nitrogens is 3. The molecule has 0 fully saturated rings. The molecule has 9 nitrogen and oxygen atoms in total. The van der Waals surface area contributed by atoms with Crippen molar-refractivity contribution in [2.75, 3.05) is 5.73 Å². The summed E-state index contributed by atoms with van der Waals surface area (Å²) in [5.74, 6) is -2.17. The van der Waals surface area contributed by atoms with Gasteiger partial charge in [0, 0.05) is 29.7 Å². The Balaban J connectivity index is 0.00000289. The van der Waals surface area contributed by atoms with E-state index < -0.39 is 28.9 Å². The first-order valence-electron chi connectivity index (χ1n) is 9.43. The Hall–Kier alpha value is -3.99. The number of benzene rings is 1. The zero-order valence-electron chi connectivity index (χ0n) is 18.6. The monoisotopic (exact) mass is 498 g/mol. The number of pyridine rings is 1. The van der Waals surface area contributed by atoms with Crippen molar-refractivity contribution in [1.82, 2.24) is 14.5 Å². The van der Waals surface area contributed by atoms with Crippen molar-refractivity contribution in [3.63, 3.8) is 0 Å². The molecule has 1 aromatic carbocycles. The summed E-state index contributed by atoms with van der Waals surface area (Å²) in [6, 6.07) is 10.00. The van der Waals surface area contributed by atoms with Crippen molar-refractivity contribution in [3.8, 4) is 12.1 Å². The van der Waals surface area contributed by atoms with E-state index in [-0.39, 0.29) is 71.9 Å². The van der Waals surface area contributed by atoms with E-state index in [1.807, 2.05) is 12.1 Å². The van der Waals surface area contributed by atoms with Crippen LogP contribution in [0.3, 0.4) is 0 Å². The molecular weight excluding hydrogens is 478 g/mol. The van der Waals surface area contributed by atoms with Gasteiger partial charge in [-0.3, -0.25) is 19.1 Å². The molecule has 0 aliphatic carbocycles. The van der Waals surface area contributed by atoms with Gasteiger partial charge in [-0.05, 0) is 41.8 Å². The van der Waals surface area contributed by atoms with Gasteiger partial charge in [-0.1, -0.05) is 13.8 Å². The Morgan fingerprint density at radius 3 is 2.24 bits per heavy atom. The second-order valence-electron chi connectivity index (χ2n) is 7.34. The molecular formula is C23H20FN6O3V-. The van der Waals surface area contributed by atoms with Crippen LogP contribution >= 0.6 is 0 Å². The second-order valence-corrected chi connectivity index (χ2v) is 7.34. The fourth-order valence-corrected chi connectivity index (χ4v) is 3.39. The van der Waals surface area contributed by atoms with E-state index in [1.54, 1.807) is 13.8 Å². The Labute approximate surface area is 206 Å². The standard InChI is InChI=1S/C22H17FN6O3.CH3.V/c1-11(2)18-19(20(30)15-4-12(8-24)3-13(5-15)9-25)29(22(32)28-21(18)31)10-14-6-16(23)27-17(26)7-14;;/h3-7,11H,10H2,1-2H3,(H2,26,27)(H,28,31,32);1H3;/q;-1;. The quantitative estimate of drug-likeness (QED) is 0.310. The van der Waals surface area contributed by atoms with Crippen molar-refractivity contribution in [2.45, 2.75) is 26.3 Å². The molecule has 0 amide bonds. The molecule has 0 atom stereocenters. The number of hydrogen-bond donors (Lipinski definition) is 2. The Kier molecular flexibility index (Phi) is 9.27. The molecule has 34 heavy (non-hydrogen) atoms. The fraction of sp³-hybridized carbons (Fsp3) is 0.174. The van der Waals surface area contributed by atoms with Crippen LogP contribution in [-0.4, -0.2) is 20.3 Å². The number of H-pyrrole nitrogens is 1. The van der Waals surface area contributed by atoms with E-state index in [1.165, 1.54) is 24.3 Å². The topological polar surface area (TPSA) is 158 Å². The minimum Gasteiger partial charge on any atom is -0.384 e. The number of aromatic amines is 1. The van der Waals surface area contributed by atoms with Crippen molar-refractivity contribution >= 4 is 11.6 Å². The van der Waals surface area contributed by atoms with Crippen molar-refractivity contribution in [3.05, 3.63) is 98.1 Å². The maximum absolute atomic E-state index is 13.7. The molecule has 173 valence electrons. The first-order valence-corrected chi connectivity index (χ1v) is 9.43. The molecule has 2 aromatic heterocycles. The van der Waals surface area contributed by atoms with E-state index in [4.69, 9.17) is 5.73 Å². The molecule has 1 radical (unpaired) electrons. The Morgan fingerprint density at radius 1 is 1.15 bits per heavy atom. The van der Waals surface area contributed by atoms with Crippen LogP contribution in [-0.2, 0) is 25.1 Å². The molecule has 3 rings (SSSR count). The van der Waals surface area contributed by atoms with E-state index in [0.29, 0.717) is 0 Å². The van der Waals surface area contributed by atoms with E-state index in [0.717, 1.165) is 10.6 Å². The third kappa shape index (κ3) is 5.68. The summed E-state index contributed by atoms with van der Waals surface area (Å²) in [4.78, 5) is 44.4. The van der Waals surface area contributed by atoms with Crippen LogP contribution in [0, 0.1) is 36.0 Å². The minimum atomic E-state index is -0.879. The average Bonchev–Trinajstić information content (AvgIpc) is 2.73. The van der Waals surface area contributed by atoms with Gasteiger partial charge in [-0.15, -0.1) is 0 Å². The van der Waals surface area contributed by atoms with Gasteiger partial charge in [0.15, 0.2) is 0 Å². The van der Waals surface area contributed by atoms with Crippen LogP contribution in [0.25, 0.3) is 0 Å². The zero-order valence-corrected chi connectivity index (χ0v) is 20.0. The number of nitrogens with two attached hydrogens (primary N) is 1. The number of nitrogens with one attached hydrogen (secondary N) is 1. The number of halogens is 1. The molecule has 2 heterocycles. The van der Waals surface area contributed by atoms with E-state index >= 15 is 0 Å². The molecule has 0 bridgehead atoms. The van der Waals surface area contributed by atoms with E-state index in [2.05, 4.69) is 9.97 Å². The average molecular weight is 498 g/mol. The summed E-state index contributed by atoms with van der Waals surface area (Å²) in [6.07, 6.45) is 0. The molecule has 0 aliphatic rings. The summed E-state index contributed by atoms with van der Waals surface area (Å²) in [6.45, 7) is 3.07. The van der Waals surface area contributed by atoms with Gasteiger partial charge in [-0.25, -0.2) is 9.78 Å². The molecule has 0 saturated carbocycles. The number of rotatable bonds is 5. The maximum Gasteiger partial charge on any atom is 0.329 e. The van der Waals surface area contributed by atoms with Crippen molar-refractivity contribution in [2.24, 2.45) is 0 Å². The molecule has 0 aliphatic heterocycles. The van der Waals surface area contributed by atoms with Crippen molar-refractivity contribution in [1.29, 1.82) is 10.5 Å². The predicted molar refractivity (Wildman–Crippen MR) is 119 cm³/mol. The zero-order chi connectivity index (χ0) is 23.6. The van der Waals surface area contributed by atoms with Gasteiger partial charge in [0.25, 0.3) is 5.56 Å². The van der Waals surface area contributed by atoms with Crippen molar-refractivity contribution < 1.29 is 27.7 Å². The summed E-state index contributed by atoms with van der Waals surface area (Å²) in [7, 11) is 0. The molecule has 0 saturated heterocycles. The summed E-state index contributed by atoms with van der Waals surface area (Å²) in [5.41, 5.74) is 4.14. The third-order valence-electron chi connectivity index (χ3n) is 4.70. The minimum absolute atomic E-state index is 0. The maximum atomic E-state index is 13.7. The van der Waals surface area contributed by atoms with Crippen LogP contribution in [0.5, 0.6) is 0 Å². The summed E-state index contributed by atoms with van der Waals surface area (Å²) in [5, 5.41) is 18.5. The number of carbonyl (C=O) groups excluding carboxylic acids is 1. The van der Waals surface area contributed by atoms with Gasteiger partial charge in [0.1, 0.15) is 11.5 Å². The summed E-state index contributed by atoms with van der Waals surface area (Å²) >= 11 is 0. The molecule has 3 N–H and O–H groups in total. The Morgan fingerprint density at radius 2 is 1.74 bits per heavy atom. The number of anilines is 1. The van der Waals surface area contributed by atoms with Gasteiger partial charge in [0.2, 0.25) is 11.7 Å². The molecule has 0 spiro atoms. The van der Waals surface area contributed by atoms with Gasteiger partial charge >= 0.3 is 5.69 Å². The summed E-state index contributed by atoms with van der Waals surface area (Å²) < 4.78 is 14.7. The number of nitrogen functional groups attached to an aromatic ring is 1. The first kappa shape index (κ1) is 28.0. The molecule has 11 heteroatoms. The van der Waals surface area contributed by atoms with Gasteiger partial charge in [-0.2, -0.15) is 14.9 Å². The fourth-order valence-electron chi connectivity index (χ4n) is 3.39. The SMILES string of the molecule is CC(C)c1c(C(=O)c2cc(C#N)cc(C#N)c2)n(Cc2cc(N)nc(F)c2)c(=O)[nH]c1=O.[CH3-].[V].